The molecule has 0 spiro atoms. The third-order valence-corrected chi connectivity index (χ3v) is 5.52. The van der Waals surface area contributed by atoms with E-state index in [0.29, 0.717) is 10.7 Å². The van der Waals surface area contributed by atoms with Gasteiger partial charge in [0.25, 0.3) is 0 Å². The molecule has 5 heteroatoms. The highest BCUT2D eigenvalue weighted by Gasteiger charge is 2.16. The summed E-state index contributed by atoms with van der Waals surface area (Å²) in [5.41, 5.74) is 6.41. The van der Waals surface area contributed by atoms with Crippen LogP contribution in [0.15, 0.2) is 66.7 Å². The molecule has 0 radical (unpaired) electrons. The first-order valence-corrected chi connectivity index (χ1v) is 9.97. The van der Waals surface area contributed by atoms with Crippen LogP contribution in [-0.4, -0.2) is 11.0 Å². The van der Waals surface area contributed by atoms with Crippen molar-refractivity contribution < 1.29 is 4.79 Å². The second kappa shape index (κ2) is 8.02. The van der Waals surface area contributed by atoms with Gasteiger partial charge in [0.05, 0.1) is 11.4 Å². The number of hydrogen-bond acceptors (Lipinski definition) is 1. The number of aromatic nitrogens is 1. The molecule has 29 heavy (non-hydrogen) atoms. The first-order valence-electron chi connectivity index (χ1n) is 9.60. The number of carbonyl (C=O) groups excluding carboxylic acids is 1. The summed E-state index contributed by atoms with van der Waals surface area (Å²) < 4.78 is 0. The molecule has 0 bridgehead atoms. The lowest BCUT2D eigenvalue weighted by atomic mass is 10.1. The fourth-order valence-corrected chi connectivity index (χ4v) is 3.58. The number of fused-ring (bicyclic) bond motifs is 1. The van der Waals surface area contributed by atoms with Crippen molar-refractivity contribution in [3.05, 3.63) is 82.9 Å². The van der Waals surface area contributed by atoms with E-state index in [1.807, 2.05) is 43.3 Å². The number of nitrogens with one attached hydrogen (secondary N) is 3. The number of anilines is 2. The van der Waals surface area contributed by atoms with Crippen LogP contribution in [0.5, 0.6) is 0 Å². The maximum absolute atomic E-state index is 12.8. The molecule has 4 rings (SSSR count). The molecule has 0 saturated carbocycles. The second-order valence-corrected chi connectivity index (χ2v) is 7.37. The summed E-state index contributed by atoms with van der Waals surface area (Å²) in [6.45, 7) is 4.01. The normalized spacial score (nSPS) is 10.9. The molecule has 146 valence electrons. The van der Waals surface area contributed by atoms with E-state index in [-0.39, 0.29) is 6.03 Å². The number of carbonyl (C=O) groups is 1. The van der Waals surface area contributed by atoms with Gasteiger partial charge in [-0.1, -0.05) is 67.1 Å². The van der Waals surface area contributed by atoms with Crippen molar-refractivity contribution in [3.8, 4) is 11.3 Å². The zero-order chi connectivity index (χ0) is 20.4. The maximum atomic E-state index is 12.8. The molecule has 0 saturated heterocycles. The minimum absolute atomic E-state index is 0.313. The largest absolute Gasteiger partial charge is 0.353 e. The summed E-state index contributed by atoms with van der Waals surface area (Å²) in [5.74, 6) is 0. The van der Waals surface area contributed by atoms with Gasteiger partial charge >= 0.3 is 6.03 Å². The third-order valence-electron chi connectivity index (χ3n) is 5.11. The Kier molecular flexibility index (Phi) is 5.28. The molecule has 0 aliphatic heterocycles. The summed E-state index contributed by atoms with van der Waals surface area (Å²) in [7, 11) is 0. The van der Waals surface area contributed by atoms with Gasteiger partial charge in [0, 0.05) is 27.2 Å². The quantitative estimate of drug-likeness (QED) is 0.337. The molecular weight excluding hydrogens is 382 g/mol. The first kappa shape index (κ1) is 19.1. The van der Waals surface area contributed by atoms with E-state index < -0.39 is 0 Å². The van der Waals surface area contributed by atoms with Gasteiger partial charge in [-0.25, -0.2) is 4.79 Å². The Morgan fingerprint density at radius 3 is 2.48 bits per heavy atom. The maximum Gasteiger partial charge on any atom is 0.323 e. The lowest BCUT2D eigenvalue weighted by Gasteiger charge is -2.12. The SMILES string of the molecule is CCc1ccc(-c2[nH]c3ccccc3c2NC(=O)Nc2cccc(Cl)c2C)cc1. The highest BCUT2D eigenvalue weighted by molar-refractivity contribution is 6.31. The molecule has 1 heterocycles. The zero-order valence-corrected chi connectivity index (χ0v) is 17.1. The molecule has 2 amide bonds. The third kappa shape index (κ3) is 3.84. The number of aryl methyl sites for hydroxylation is 1. The summed E-state index contributed by atoms with van der Waals surface area (Å²) in [5, 5.41) is 7.51. The Morgan fingerprint density at radius 2 is 1.72 bits per heavy atom. The Morgan fingerprint density at radius 1 is 0.966 bits per heavy atom. The van der Waals surface area contributed by atoms with E-state index in [4.69, 9.17) is 11.6 Å². The molecule has 0 aliphatic carbocycles. The van der Waals surface area contributed by atoms with E-state index in [0.717, 1.165) is 39.8 Å². The summed E-state index contributed by atoms with van der Waals surface area (Å²) in [4.78, 5) is 16.2. The number of H-pyrrole nitrogens is 1. The van der Waals surface area contributed by atoms with Crippen molar-refractivity contribution in [1.29, 1.82) is 0 Å². The topological polar surface area (TPSA) is 56.9 Å². The van der Waals surface area contributed by atoms with Gasteiger partial charge in [0.1, 0.15) is 0 Å². The Hall–Kier alpha value is -3.24. The minimum Gasteiger partial charge on any atom is -0.353 e. The molecule has 1 aromatic heterocycles. The number of hydrogen-bond donors (Lipinski definition) is 3. The van der Waals surface area contributed by atoms with Crippen molar-refractivity contribution in [1.82, 2.24) is 4.98 Å². The van der Waals surface area contributed by atoms with Gasteiger partial charge < -0.3 is 15.6 Å². The van der Waals surface area contributed by atoms with Crippen molar-refractivity contribution in [3.63, 3.8) is 0 Å². The molecular formula is C24H22ClN3O. The summed E-state index contributed by atoms with van der Waals surface area (Å²) in [6.07, 6.45) is 0.986. The van der Waals surface area contributed by atoms with Crippen LogP contribution in [0, 0.1) is 6.92 Å². The first-order chi connectivity index (χ1) is 14.1. The average Bonchev–Trinajstić information content (AvgIpc) is 3.10. The van der Waals surface area contributed by atoms with Crippen LogP contribution in [-0.2, 0) is 6.42 Å². The van der Waals surface area contributed by atoms with Gasteiger partial charge in [-0.15, -0.1) is 0 Å². The molecule has 0 fully saturated rings. The number of rotatable bonds is 4. The number of para-hydroxylation sites is 1. The van der Waals surface area contributed by atoms with Crippen LogP contribution < -0.4 is 10.6 Å². The number of urea groups is 1. The Bertz CT molecular complexity index is 1180. The molecule has 0 atom stereocenters. The average molecular weight is 404 g/mol. The zero-order valence-electron chi connectivity index (χ0n) is 16.3. The predicted molar refractivity (Wildman–Crippen MR) is 122 cm³/mol. The number of halogens is 1. The molecule has 4 aromatic rings. The number of benzene rings is 3. The fourth-order valence-electron chi connectivity index (χ4n) is 3.41. The molecule has 4 nitrogen and oxygen atoms in total. The van der Waals surface area contributed by atoms with Gasteiger partial charge in [0.15, 0.2) is 0 Å². The van der Waals surface area contributed by atoms with Crippen molar-refractivity contribution in [2.24, 2.45) is 0 Å². The smallest absolute Gasteiger partial charge is 0.323 e. The van der Waals surface area contributed by atoms with Crippen molar-refractivity contribution in [2.45, 2.75) is 20.3 Å². The van der Waals surface area contributed by atoms with Crippen LogP contribution in [0.25, 0.3) is 22.2 Å². The monoisotopic (exact) mass is 403 g/mol. The second-order valence-electron chi connectivity index (χ2n) is 6.96. The van der Waals surface area contributed by atoms with Gasteiger partial charge in [-0.05, 0) is 42.7 Å². The van der Waals surface area contributed by atoms with Crippen molar-refractivity contribution >= 4 is 39.9 Å². The Labute approximate surface area is 174 Å². The van der Waals surface area contributed by atoms with E-state index in [9.17, 15) is 4.79 Å². The highest BCUT2D eigenvalue weighted by Crippen LogP contribution is 2.35. The number of amides is 2. The van der Waals surface area contributed by atoms with Crippen LogP contribution >= 0.6 is 11.6 Å². The number of aromatic amines is 1. The van der Waals surface area contributed by atoms with E-state index in [1.165, 1.54) is 5.56 Å². The fraction of sp³-hybridized carbons (Fsp3) is 0.125. The molecule has 0 unspecified atom stereocenters. The van der Waals surface area contributed by atoms with E-state index >= 15 is 0 Å². The van der Waals surface area contributed by atoms with Crippen LogP contribution in [0.4, 0.5) is 16.2 Å². The van der Waals surface area contributed by atoms with Gasteiger partial charge in [-0.2, -0.15) is 0 Å². The van der Waals surface area contributed by atoms with Gasteiger partial charge in [-0.3, -0.25) is 0 Å². The molecule has 3 N–H and O–H groups in total. The predicted octanol–water partition coefficient (Wildman–Crippen LogP) is 7.00. The summed E-state index contributed by atoms with van der Waals surface area (Å²) >= 11 is 6.17. The standard InChI is InChI=1S/C24H22ClN3O/c1-3-16-11-13-17(14-12-16)22-23(18-7-4-5-9-21(18)26-22)28-24(29)27-20-10-6-8-19(25)15(20)2/h4-14,26H,3H2,1-2H3,(H2,27,28,29). The molecule has 0 aliphatic rings. The van der Waals surface area contributed by atoms with Crippen molar-refractivity contribution in [2.75, 3.05) is 10.6 Å². The minimum atomic E-state index is -0.313. The van der Waals surface area contributed by atoms with Crippen LogP contribution in [0.1, 0.15) is 18.1 Å². The van der Waals surface area contributed by atoms with Crippen LogP contribution in [0.2, 0.25) is 5.02 Å². The molecule has 3 aromatic carbocycles. The highest BCUT2D eigenvalue weighted by atomic mass is 35.5. The van der Waals surface area contributed by atoms with Gasteiger partial charge in [0.2, 0.25) is 0 Å². The summed E-state index contributed by atoms with van der Waals surface area (Å²) in [6, 6.07) is 21.5. The Balaban J connectivity index is 1.70. The van der Waals surface area contributed by atoms with E-state index in [2.05, 4.69) is 46.8 Å². The lowest BCUT2D eigenvalue weighted by Crippen LogP contribution is -2.20. The lowest BCUT2D eigenvalue weighted by molar-refractivity contribution is 0.262. The van der Waals surface area contributed by atoms with E-state index in [1.54, 1.807) is 6.07 Å². The van der Waals surface area contributed by atoms with Crippen LogP contribution in [0.3, 0.4) is 0 Å².